The van der Waals surface area contributed by atoms with E-state index in [0.717, 1.165) is 6.61 Å². The first-order chi connectivity index (χ1) is 5.39. The number of rotatable bonds is 0. The van der Waals surface area contributed by atoms with E-state index >= 15 is 0 Å². The van der Waals surface area contributed by atoms with Crippen LogP contribution in [0.25, 0.3) is 0 Å². The Labute approximate surface area is 72.1 Å². The molecule has 1 atom stereocenters. The van der Waals surface area contributed by atoms with Gasteiger partial charge in [-0.1, -0.05) is 27.7 Å². The SMILES string of the molecule is CC.CC.C[C@H]1CCCCO1. The quantitative estimate of drug-likeness (QED) is 0.526. The lowest BCUT2D eigenvalue weighted by Gasteiger charge is -2.17. The molecule has 0 saturated carbocycles. The molecule has 1 heterocycles. The van der Waals surface area contributed by atoms with Crippen LogP contribution >= 0.6 is 0 Å². The van der Waals surface area contributed by atoms with E-state index in [0.29, 0.717) is 6.10 Å². The van der Waals surface area contributed by atoms with Gasteiger partial charge in [0.2, 0.25) is 0 Å². The van der Waals surface area contributed by atoms with Crippen molar-refractivity contribution in [2.75, 3.05) is 6.61 Å². The van der Waals surface area contributed by atoms with E-state index in [4.69, 9.17) is 4.74 Å². The van der Waals surface area contributed by atoms with Crippen molar-refractivity contribution in [2.45, 2.75) is 60.0 Å². The summed E-state index contributed by atoms with van der Waals surface area (Å²) in [5.74, 6) is 0. The molecule has 70 valence electrons. The average molecular weight is 160 g/mol. The minimum Gasteiger partial charge on any atom is -0.379 e. The third kappa shape index (κ3) is 9.96. The van der Waals surface area contributed by atoms with Crippen molar-refractivity contribution in [2.24, 2.45) is 0 Å². The lowest BCUT2D eigenvalue weighted by atomic mass is 10.1. The molecule has 1 rings (SSSR count). The number of hydrogen-bond donors (Lipinski definition) is 0. The van der Waals surface area contributed by atoms with Crippen molar-refractivity contribution >= 4 is 0 Å². The van der Waals surface area contributed by atoms with Gasteiger partial charge < -0.3 is 4.74 Å². The normalized spacial score (nSPS) is 22.1. The molecule has 0 aliphatic carbocycles. The van der Waals surface area contributed by atoms with Gasteiger partial charge in [0, 0.05) is 6.61 Å². The summed E-state index contributed by atoms with van der Waals surface area (Å²) in [4.78, 5) is 0. The maximum atomic E-state index is 5.28. The molecular weight excluding hydrogens is 136 g/mol. The van der Waals surface area contributed by atoms with E-state index in [1.54, 1.807) is 0 Å². The molecule has 0 N–H and O–H groups in total. The first-order valence-electron chi connectivity index (χ1n) is 5.01. The van der Waals surface area contributed by atoms with E-state index in [1.165, 1.54) is 19.3 Å². The molecule has 1 aliphatic heterocycles. The predicted octanol–water partition coefficient (Wildman–Crippen LogP) is 3.63. The van der Waals surface area contributed by atoms with Gasteiger partial charge in [-0.25, -0.2) is 0 Å². The minimum absolute atomic E-state index is 0.536. The summed E-state index contributed by atoms with van der Waals surface area (Å²) in [7, 11) is 0. The molecule has 0 unspecified atom stereocenters. The Morgan fingerprint density at radius 1 is 1.00 bits per heavy atom. The second-order valence-corrected chi connectivity index (χ2v) is 2.18. The summed E-state index contributed by atoms with van der Waals surface area (Å²) in [6.45, 7) is 11.1. The molecule has 0 radical (unpaired) electrons. The van der Waals surface area contributed by atoms with Gasteiger partial charge in [0.05, 0.1) is 6.10 Å². The summed E-state index contributed by atoms with van der Waals surface area (Å²) in [6, 6.07) is 0. The molecule has 0 bridgehead atoms. The van der Waals surface area contributed by atoms with Crippen molar-refractivity contribution in [1.82, 2.24) is 0 Å². The Balaban J connectivity index is 0. The van der Waals surface area contributed by atoms with Gasteiger partial charge in [0.1, 0.15) is 0 Å². The molecule has 1 nitrogen and oxygen atoms in total. The molecule has 11 heavy (non-hydrogen) atoms. The lowest BCUT2D eigenvalue weighted by Crippen LogP contribution is -2.14. The van der Waals surface area contributed by atoms with Crippen LogP contribution in [0.15, 0.2) is 0 Å². The molecular formula is C10H24O. The first kappa shape index (κ1) is 13.5. The monoisotopic (exact) mass is 160 g/mol. The van der Waals surface area contributed by atoms with Crippen LogP contribution in [0.5, 0.6) is 0 Å². The minimum atomic E-state index is 0.536. The highest BCUT2D eigenvalue weighted by Crippen LogP contribution is 2.10. The third-order valence-electron chi connectivity index (χ3n) is 1.41. The van der Waals surface area contributed by atoms with Gasteiger partial charge >= 0.3 is 0 Å². The van der Waals surface area contributed by atoms with Crippen molar-refractivity contribution in [3.8, 4) is 0 Å². The van der Waals surface area contributed by atoms with Crippen LogP contribution in [-0.4, -0.2) is 12.7 Å². The van der Waals surface area contributed by atoms with Crippen LogP contribution in [0.1, 0.15) is 53.9 Å². The van der Waals surface area contributed by atoms with E-state index in [9.17, 15) is 0 Å². The molecule has 1 fully saturated rings. The predicted molar refractivity (Wildman–Crippen MR) is 52.0 cm³/mol. The standard InChI is InChI=1S/C6H12O.2C2H6/c1-6-4-2-3-5-7-6;2*1-2/h6H,2-5H2,1H3;2*1-2H3/t6-;;/m0../s1. The maximum absolute atomic E-state index is 5.28. The Bertz CT molecular complexity index is 46.8. The Hall–Kier alpha value is -0.0400. The molecule has 0 spiro atoms. The molecule has 1 saturated heterocycles. The fraction of sp³-hybridized carbons (Fsp3) is 1.00. The highest BCUT2D eigenvalue weighted by atomic mass is 16.5. The van der Waals surface area contributed by atoms with Crippen LogP contribution in [0, 0.1) is 0 Å². The summed E-state index contributed by atoms with van der Waals surface area (Å²) >= 11 is 0. The summed E-state index contributed by atoms with van der Waals surface area (Å²) in [6.07, 6.45) is 4.43. The summed E-state index contributed by atoms with van der Waals surface area (Å²) in [5, 5.41) is 0. The van der Waals surface area contributed by atoms with Gasteiger partial charge in [0.25, 0.3) is 0 Å². The lowest BCUT2D eigenvalue weighted by molar-refractivity contribution is 0.0285. The third-order valence-corrected chi connectivity index (χ3v) is 1.41. The van der Waals surface area contributed by atoms with Gasteiger partial charge in [-0.05, 0) is 26.2 Å². The zero-order chi connectivity index (χ0) is 9.11. The zero-order valence-corrected chi connectivity index (χ0v) is 8.81. The number of ether oxygens (including phenoxy) is 1. The number of hydrogen-bond acceptors (Lipinski definition) is 1. The molecule has 1 aliphatic rings. The second-order valence-electron chi connectivity index (χ2n) is 2.18. The highest BCUT2D eigenvalue weighted by molar-refractivity contribution is 4.55. The van der Waals surface area contributed by atoms with E-state index in [1.807, 2.05) is 27.7 Å². The van der Waals surface area contributed by atoms with Gasteiger partial charge in [-0.2, -0.15) is 0 Å². The summed E-state index contributed by atoms with van der Waals surface area (Å²) in [5.41, 5.74) is 0. The fourth-order valence-electron chi connectivity index (χ4n) is 0.902. The van der Waals surface area contributed by atoms with Gasteiger partial charge in [-0.15, -0.1) is 0 Å². The van der Waals surface area contributed by atoms with Crippen molar-refractivity contribution in [3.63, 3.8) is 0 Å². The van der Waals surface area contributed by atoms with Crippen molar-refractivity contribution in [1.29, 1.82) is 0 Å². The van der Waals surface area contributed by atoms with Crippen molar-refractivity contribution in [3.05, 3.63) is 0 Å². The molecule has 0 aromatic rings. The van der Waals surface area contributed by atoms with E-state index in [2.05, 4.69) is 6.92 Å². The second kappa shape index (κ2) is 12.6. The van der Waals surface area contributed by atoms with Gasteiger partial charge in [0.15, 0.2) is 0 Å². The largest absolute Gasteiger partial charge is 0.379 e. The molecule has 0 aromatic heterocycles. The van der Waals surface area contributed by atoms with Crippen LogP contribution in [0.4, 0.5) is 0 Å². The molecule has 0 amide bonds. The van der Waals surface area contributed by atoms with E-state index < -0.39 is 0 Å². The fourth-order valence-corrected chi connectivity index (χ4v) is 0.902. The highest BCUT2D eigenvalue weighted by Gasteiger charge is 2.05. The van der Waals surface area contributed by atoms with Crippen LogP contribution in [0.3, 0.4) is 0 Å². The van der Waals surface area contributed by atoms with Crippen molar-refractivity contribution < 1.29 is 4.74 Å². The Morgan fingerprint density at radius 2 is 1.55 bits per heavy atom. The van der Waals surface area contributed by atoms with E-state index in [-0.39, 0.29) is 0 Å². The topological polar surface area (TPSA) is 9.23 Å². The van der Waals surface area contributed by atoms with Crippen LogP contribution in [-0.2, 0) is 4.74 Å². The maximum Gasteiger partial charge on any atom is 0.0547 e. The first-order valence-corrected chi connectivity index (χ1v) is 5.01. The van der Waals surface area contributed by atoms with Crippen LogP contribution < -0.4 is 0 Å². The zero-order valence-electron chi connectivity index (χ0n) is 8.81. The Morgan fingerprint density at radius 3 is 1.73 bits per heavy atom. The van der Waals surface area contributed by atoms with Gasteiger partial charge in [-0.3, -0.25) is 0 Å². The molecule has 0 aromatic carbocycles. The molecule has 1 heteroatoms. The smallest absolute Gasteiger partial charge is 0.0547 e. The summed E-state index contributed by atoms with van der Waals surface area (Å²) < 4.78 is 5.28. The Kier molecular flexibility index (Phi) is 15.5. The van der Waals surface area contributed by atoms with Crippen LogP contribution in [0.2, 0.25) is 0 Å². The average Bonchev–Trinajstić information content (AvgIpc) is 2.13.